The zero-order valence-corrected chi connectivity index (χ0v) is 35.0. The fraction of sp³-hybridized carbons (Fsp3) is 0.273. The van der Waals surface area contributed by atoms with Crippen molar-refractivity contribution in [3.8, 4) is 0 Å². The molecule has 8 rings (SSSR count). The largest absolute Gasteiger partial charge is 0.317 e. The smallest absolute Gasteiger partial charge is 0.0541 e. The molecule has 0 saturated carbocycles. The molecule has 0 amide bonds. The number of fused-ring (bicyclic) bond motifs is 7. The number of allylic oxidation sites excluding steroid dienone is 9. The standard InChI is InChI=1S/C55H58N2/c1-10-13-27-55(28-14-11-2)50-33-39(8)17-22-44(50)45-23-20-42(35-51(45)55)41-21-26-52-49(34-41)46(30-36(4)5)40(9)56(52)29-15-16-43(12-3)57-53-24-18-37(6)31-47(53)48-32-38(7)19-25-54(48)57/h12,15-26,29-35,45,51H,3-4,9-11,13-14,27-28H2,1-2,5-8H3/b29-15+,43-16+,46-30+. The minimum absolute atomic E-state index is 0.167. The van der Waals surface area contributed by atoms with E-state index in [9.17, 15) is 0 Å². The fourth-order valence-electron chi connectivity index (χ4n) is 10.1. The average molecular weight is 747 g/mol. The number of unbranched alkanes of at least 4 members (excludes halogenated alkanes) is 2. The molecule has 0 aliphatic heterocycles. The average Bonchev–Trinajstić information content (AvgIpc) is 3.76. The molecule has 2 atom stereocenters. The molecule has 2 heteroatoms. The lowest BCUT2D eigenvalue weighted by Crippen LogP contribution is -2.33. The van der Waals surface area contributed by atoms with Gasteiger partial charge in [-0.05, 0) is 129 Å². The maximum atomic E-state index is 4.63. The molecule has 0 spiro atoms. The van der Waals surface area contributed by atoms with E-state index in [0.29, 0.717) is 11.8 Å². The summed E-state index contributed by atoms with van der Waals surface area (Å²) in [6, 6.07) is 27.7. The Morgan fingerprint density at radius 3 is 2.05 bits per heavy atom. The monoisotopic (exact) mass is 746 g/mol. The summed E-state index contributed by atoms with van der Waals surface area (Å²) in [7, 11) is 0. The molecule has 6 aromatic rings. The van der Waals surface area contributed by atoms with E-state index in [4.69, 9.17) is 0 Å². The van der Waals surface area contributed by atoms with E-state index in [2.05, 4.69) is 186 Å². The van der Waals surface area contributed by atoms with Crippen molar-refractivity contribution in [2.45, 2.75) is 91.4 Å². The molecule has 57 heavy (non-hydrogen) atoms. The highest BCUT2D eigenvalue weighted by atomic mass is 15.0. The second-order valence-electron chi connectivity index (χ2n) is 17.0. The number of aryl methyl sites for hydroxylation is 3. The van der Waals surface area contributed by atoms with Gasteiger partial charge in [-0.25, -0.2) is 0 Å². The van der Waals surface area contributed by atoms with Crippen molar-refractivity contribution in [3.05, 3.63) is 172 Å². The molecule has 0 saturated heterocycles. The van der Waals surface area contributed by atoms with Gasteiger partial charge in [0.15, 0.2) is 0 Å². The first-order valence-electron chi connectivity index (χ1n) is 21.1. The lowest BCUT2D eigenvalue weighted by atomic mass is 9.65. The van der Waals surface area contributed by atoms with Gasteiger partial charge in [0, 0.05) is 50.0 Å². The minimum atomic E-state index is 0.167. The van der Waals surface area contributed by atoms with Crippen LogP contribution in [0.5, 0.6) is 0 Å². The lowest BCUT2D eigenvalue weighted by Gasteiger charge is -2.39. The van der Waals surface area contributed by atoms with E-state index in [1.165, 1.54) is 93.5 Å². The predicted molar refractivity (Wildman–Crippen MR) is 250 cm³/mol. The normalized spacial score (nSPS) is 17.9. The Balaban J connectivity index is 1.21. The van der Waals surface area contributed by atoms with E-state index in [-0.39, 0.29) is 5.41 Å². The van der Waals surface area contributed by atoms with Crippen LogP contribution in [0.25, 0.3) is 62.8 Å². The van der Waals surface area contributed by atoms with Gasteiger partial charge in [0.05, 0.1) is 16.6 Å². The molecule has 0 bridgehead atoms. The van der Waals surface area contributed by atoms with Gasteiger partial charge in [-0.15, -0.1) is 0 Å². The maximum Gasteiger partial charge on any atom is 0.0541 e. The van der Waals surface area contributed by atoms with Gasteiger partial charge in [-0.1, -0.05) is 136 Å². The second-order valence-corrected chi connectivity index (χ2v) is 17.0. The molecule has 0 N–H and O–H groups in total. The van der Waals surface area contributed by atoms with Crippen LogP contribution >= 0.6 is 0 Å². The summed E-state index contributed by atoms with van der Waals surface area (Å²) in [6.45, 7) is 26.5. The van der Waals surface area contributed by atoms with Gasteiger partial charge < -0.3 is 9.13 Å². The second kappa shape index (κ2) is 15.4. The summed E-state index contributed by atoms with van der Waals surface area (Å²) >= 11 is 0. The Morgan fingerprint density at radius 1 is 0.789 bits per heavy atom. The van der Waals surface area contributed by atoms with E-state index >= 15 is 0 Å². The Hall–Kier alpha value is -5.60. The first-order valence-corrected chi connectivity index (χ1v) is 21.1. The van der Waals surface area contributed by atoms with Crippen LogP contribution < -0.4 is 10.6 Å². The van der Waals surface area contributed by atoms with Crippen LogP contribution in [0.4, 0.5) is 0 Å². The highest BCUT2D eigenvalue weighted by Crippen LogP contribution is 2.59. The molecule has 288 valence electrons. The van der Waals surface area contributed by atoms with Crippen LogP contribution in [0.3, 0.4) is 0 Å². The highest BCUT2D eigenvalue weighted by molar-refractivity contribution is 6.11. The molecular weight excluding hydrogens is 689 g/mol. The molecule has 2 unspecified atom stereocenters. The first kappa shape index (κ1) is 38.3. The van der Waals surface area contributed by atoms with Crippen molar-refractivity contribution in [1.29, 1.82) is 0 Å². The number of benzene rings is 4. The topological polar surface area (TPSA) is 9.86 Å². The molecule has 4 aromatic carbocycles. The van der Waals surface area contributed by atoms with Crippen molar-refractivity contribution in [1.82, 2.24) is 9.13 Å². The molecule has 2 aliphatic rings. The Kier molecular flexibility index (Phi) is 10.3. The third-order valence-corrected chi connectivity index (χ3v) is 12.8. The van der Waals surface area contributed by atoms with Crippen molar-refractivity contribution < 1.29 is 0 Å². The number of hydrogen-bond donors (Lipinski definition) is 0. The molecule has 0 radical (unpaired) electrons. The Labute approximate surface area is 339 Å². The van der Waals surface area contributed by atoms with Gasteiger partial charge in [-0.2, -0.15) is 0 Å². The third kappa shape index (κ3) is 6.63. The Morgan fingerprint density at radius 2 is 1.42 bits per heavy atom. The summed E-state index contributed by atoms with van der Waals surface area (Å²) in [4.78, 5) is 0. The summed E-state index contributed by atoms with van der Waals surface area (Å²) in [5, 5.41) is 5.78. The van der Waals surface area contributed by atoms with E-state index in [1.807, 2.05) is 6.08 Å². The summed E-state index contributed by atoms with van der Waals surface area (Å²) < 4.78 is 4.55. The van der Waals surface area contributed by atoms with Crippen molar-refractivity contribution in [2.75, 3.05) is 0 Å². The molecular formula is C55H58N2. The van der Waals surface area contributed by atoms with Gasteiger partial charge in [-0.3, -0.25) is 0 Å². The highest BCUT2D eigenvalue weighted by Gasteiger charge is 2.50. The zero-order valence-electron chi connectivity index (χ0n) is 35.0. The molecule has 2 aliphatic carbocycles. The molecule has 2 aromatic heterocycles. The number of hydrogen-bond acceptors (Lipinski definition) is 0. The number of nitrogens with zero attached hydrogens (tertiary/aromatic N) is 2. The number of aromatic nitrogens is 2. The predicted octanol–water partition coefficient (Wildman–Crippen LogP) is 13.6. The zero-order chi connectivity index (χ0) is 40.0. The van der Waals surface area contributed by atoms with Crippen molar-refractivity contribution in [2.24, 2.45) is 5.92 Å². The summed E-state index contributed by atoms with van der Waals surface area (Å²) in [6.07, 6.45) is 25.6. The summed E-state index contributed by atoms with van der Waals surface area (Å²) in [5.41, 5.74) is 15.3. The van der Waals surface area contributed by atoms with Gasteiger partial charge in [0.2, 0.25) is 0 Å². The van der Waals surface area contributed by atoms with Crippen molar-refractivity contribution in [3.63, 3.8) is 0 Å². The van der Waals surface area contributed by atoms with E-state index < -0.39 is 0 Å². The molecule has 2 heterocycles. The van der Waals surface area contributed by atoms with Crippen LogP contribution in [0.2, 0.25) is 0 Å². The third-order valence-electron chi connectivity index (χ3n) is 12.8. The van der Waals surface area contributed by atoms with E-state index in [1.54, 1.807) is 11.1 Å². The molecule has 2 nitrogen and oxygen atoms in total. The number of rotatable bonds is 12. The lowest BCUT2D eigenvalue weighted by molar-refractivity contribution is 0.269. The van der Waals surface area contributed by atoms with Crippen LogP contribution in [0.15, 0.2) is 128 Å². The molecule has 0 fully saturated rings. The van der Waals surface area contributed by atoms with Crippen LogP contribution in [0.1, 0.15) is 98.6 Å². The van der Waals surface area contributed by atoms with Gasteiger partial charge in [0.25, 0.3) is 0 Å². The minimum Gasteiger partial charge on any atom is -0.317 e. The Bertz CT molecular complexity index is 2750. The van der Waals surface area contributed by atoms with E-state index in [0.717, 1.165) is 27.4 Å². The van der Waals surface area contributed by atoms with Crippen LogP contribution in [0, 0.1) is 26.7 Å². The summed E-state index contributed by atoms with van der Waals surface area (Å²) in [5.74, 6) is 0.880. The quantitative estimate of drug-likeness (QED) is 0.110. The van der Waals surface area contributed by atoms with Crippen LogP contribution in [-0.2, 0) is 5.41 Å². The van der Waals surface area contributed by atoms with Crippen molar-refractivity contribution >= 4 is 62.8 Å². The van der Waals surface area contributed by atoms with Gasteiger partial charge >= 0.3 is 0 Å². The van der Waals surface area contributed by atoms with Gasteiger partial charge in [0.1, 0.15) is 0 Å². The first-order chi connectivity index (χ1) is 27.6. The SMILES string of the molecule is C=C/C(=C\C=C\n1c(=C)/c(=C\C(=C)C)c2cc(C3=CC4C(C=C3)c3ccc(C)cc3C4(CCCC)CCCC)ccc21)n1c2ccc(C)cc2c2cc(C)ccc21. The maximum absolute atomic E-state index is 4.63. The van der Waals surface area contributed by atoms with Crippen LogP contribution in [-0.4, -0.2) is 9.13 Å². The fourth-order valence-corrected chi connectivity index (χ4v) is 10.1.